The van der Waals surface area contributed by atoms with Gasteiger partial charge in [-0.05, 0) is 31.4 Å². The summed E-state index contributed by atoms with van der Waals surface area (Å²) in [5, 5.41) is 7.23. The van der Waals surface area contributed by atoms with Crippen LogP contribution in [-0.2, 0) is 30.8 Å². The van der Waals surface area contributed by atoms with Gasteiger partial charge in [0.2, 0.25) is 11.9 Å². The quantitative estimate of drug-likeness (QED) is 0.748. The number of aryl methyl sites for hydroxylation is 2. The third-order valence-corrected chi connectivity index (χ3v) is 4.93. The van der Waals surface area contributed by atoms with Crippen LogP contribution in [0.2, 0.25) is 0 Å². The van der Waals surface area contributed by atoms with E-state index in [1.54, 1.807) is 4.57 Å². The van der Waals surface area contributed by atoms with Crippen LogP contribution in [0.25, 0.3) is 11.0 Å². The molecule has 0 unspecified atom stereocenters. The number of imidazole rings is 1. The Hall–Kier alpha value is -2.90. The summed E-state index contributed by atoms with van der Waals surface area (Å²) in [5.74, 6) is 0.999. The molecule has 1 aromatic carbocycles. The van der Waals surface area contributed by atoms with E-state index in [0.29, 0.717) is 12.5 Å². The van der Waals surface area contributed by atoms with Gasteiger partial charge in [-0.3, -0.25) is 14.7 Å². The minimum absolute atomic E-state index is 0.103. The lowest BCUT2D eigenvalue weighted by Gasteiger charge is -2.08. The van der Waals surface area contributed by atoms with Gasteiger partial charge >= 0.3 is 5.69 Å². The van der Waals surface area contributed by atoms with Crippen molar-refractivity contribution in [3.63, 3.8) is 0 Å². The van der Waals surface area contributed by atoms with Crippen LogP contribution in [-0.4, -0.2) is 29.8 Å². The molecule has 8 heteroatoms. The number of fused-ring (bicyclic) bond motifs is 2. The number of rotatable bonds is 5. The first-order valence-electron chi connectivity index (χ1n) is 9.59. The van der Waals surface area contributed by atoms with Gasteiger partial charge in [-0.25, -0.2) is 14.5 Å². The number of benzene rings is 1. The Labute approximate surface area is 156 Å². The van der Waals surface area contributed by atoms with Gasteiger partial charge in [0.05, 0.1) is 11.0 Å². The van der Waals surface area contributed by atoms with Gasteiger partial charge in [-0.2, -0.15) is 5.10 Å². The molecule has 0 bridgehead atoms. The molecule has 1 N–H and O–H groups in total. The van der Waals surface area contributed by atoms with E-state index in [-0.39, 0.29) is 18.1 Å². The number of para-hydroxylation sites is 2. The van der Waals surface area contributed by atoms with Gasteiger partial charge < -0.3 is 4.57 Å². The van der Waals surface area contributed by atoms with E-state index < -0.39 is 0 Å². The number of hydrogen-bond donors (Lipinski definition) is 1. The average Bonchev–Trinajstić information content (AvgIpc) is 3.02. The van der Waals surface area contributed by atoms with Crippen molar-refractivity contribution in [2.45, 2.75) is 58.7 Å². The maximum atomic E-state index is 12.6. The topological polar surface area (TPSA) is 86.7 Å². The van der Waals surface area contributed by atoms with E-state index in [9.17, 15) is 9.59 Å². The van der Waals surface area contributed by atoms with Crippen LogP contribution in [0.1, 0.15) is 38.4 Å². The lowest BCUT2D eigenvalue weighted by atomic mass is 10.2. The molecule has 3 heterocycles. The van der Waals surface area contributed by atoms with Crippen LogP contribution in [0, 0.1) is 0 Å². The molecule has 3 aromatic rings. The maximum Gasteiger partial charge on any atom is 0.346 e. The van der Waals surface area contributed by atoms with Gasteiger partial charge in [0.15, 0.2) is 0 Å². The normalized spacial score (nSPS) is 14.1. The Bertz CT molecular complexity index is 1030. The second-order valence-corrected chi connectivity index (χ2v) is 6.94. The highest BCUT2D eigenvalue weighted by atomic mass is 16.2. The maximum absolute atomic E-state index is 12.6. The summed E-state index contributed by atoms with van der Waals surface area (Å²) in [5.41, 5.74) is 1.62. The zero-order chi connectivity index (χ0) is 18.8. The Kier molecular flexibility index (Phi) is 4.79. The molecule has 2 aromatic heterocycles. The van der Waals surface area contributed by atoms with Crippen molar-refractivity contribution in [1.29, 1.82) is 0 Å². The van der Waals surface area contributed by atoms with E-state index in [2.05, 4.69) is 22.3 Å². The summed E-state index contributed by atoms with van der Waals surface area (Å²) in [6.07, 6.45) is 4.83. The van der Waals surface area contributed by atoms with E-state index >= 15 is 0 Å². The van der Waals surface area contributed by atoms with Crippen molar-refractivity contribution in [2.24, 2.45) is 0 Å². The number of aromatic nitrogens is 5. The molecule has 1 amide bonds. The number of nitrogens with one attached hydrogen (secondary N) is 1. The highest BCUT2D eigenvalue weighted by Gasteiger charge is 2.18. The van der Waals surface area contributed by atoms with Crippen LogP contribution >= 0.6 is 0 Å². The minimum atomic E-state index is -0.294. The third-order valence-electron chi connectivity index (χ3n) is 4.93. The van der Waals surface area contributed by atoms with Crippen LogP contribution in [0.3, 0.4) is 0 Å². The summed E-state index contributed by atoms with van der Waals surface area (Å²) < 4.78 is 4.97. The van der Waals surface area contributed by atoms with Gasteiger partial charge in [0, 0.05) is 19.5 Å². The third kappa shape index (κ3) is 3.39. The number of anilines is 1. The molecule has 0 spiro atoms. The molecule has 0 radical (unpaired) electrons. The van der Waals surface area contributed by atoms with Crippen molar-refractivity contribution in [3.8, 4) is 0 Å². The molecule has 0 aliphatic carbocycles. The molecule has 142 valence electrons. The van der Waals surface area contributed by atoms with Crippen molar-refractivity contribution in [1.82, 2.24) is 23.9 Å². The monoisotopic (exact) mass is 368 g/mol. The Balaban J connectivity index is 1.56. The lowest BCUT2D eigenvalue weighted by Crippen LogP contribution is -2.30. The predicted octanol–water partition coefficient (Wildman–Crippen LogP) is 2.17. The molecule has 1 aliphatic rings. The van der Waals surface area contributed by atoms with E-state index in [4.69, 9.17) is 0 Å². The molecule has 4 rings (SSSR count). The summed E-state index contributed by atoms with van der Waals surface area (Å²) in [4.78, 5) is 29.6. The van der Waals surface area contributed by atoms with Crippen molar-refractivity contribution >= 4 is 22.9 Å². The zero-order valence-corrected chi connectivity index (χ0v) is 15.5. The molecule has 0 fully saturated rings. The van der Waals surface area contributed by atoms with Crippen molar-refractivity contribution in [3.05, 3.63) is 40.6 Å². The number of amides is 1. The standard InChI is InChI=1S/C19H24N6O2/c1-2-11-23-15-9-6-5-8-14(15)20-18(23)21-17(26)13-25-19(27)24-12-7-3-4-10-16(24)22-25/h5-6,8-9H,2-4,7,10-13H2,1H3,(H,20,21,26). The van der Waals surface area contributed by atoms with Gasteiger partial charge in [0.1, 0.15) is 12.4 Å². The van der Waals surface area contributed by atoms with Crippen molar-refractivity contribution < 1.29 is 4.79 Å². The number of nitrogens with zero attached hydrogens (tertiary/aromatic N) is 5. The Morgan fingerprint density at radius 1 is 1.22 bits per heavy atom. The van der Waals surface area contributed by atoms with E-state index in [0.717, 1.165) is 55.5 Å². The van der Waals surface area contributed by atoms with Crippen LogP contribution in [0.5, 0.6) is 0 Å². The molecule has 0 atom stereocenters. The summed E-state index contributed by atoms with van der Waals surface area (Å²) in [7, 11) is 0. The number of carbonyl (C=O) groups excluding carboxylic acids is 1. The first-order valence-corrected chi connectivity index (χ1v) is 9.59. The second-order valence-electron chi connectivity index (χ2n) is 6.94. The summed E-state index contributed by atoms with van der Waals surface area (Å²) in [6, 6.07) is 7.80. The summed E-state index contributed by atoms with van der Waals surface area (Å²) >= 11 is 0. The fraction of sp³-hybridized carbons (Fsp3) is 0.474. The van der Waals surface area contributed by atoms with Gasteiger partial charge in [-0.15, -0.1) is 0 Å². The van der Waals surface area contributed by atoms with E-state index in [1.165, 1.54) is 4.68 Å². The largest absolute Gasteiger partial charge is 0.346 e. The first-order chi connectivity index (χ1) is 13.2. The lowest BCUT2D eigenvalue weighted by molar-refractivity contribution is -0.117. The van der Waals surface area contributed by atoms with Gasteiger partial charge in [0.25, 0.3) is 0 Å². The van der Waals surface area contributed by atoms with E-state index in [1.807, 2.05) is 28.8 Å². The molecule has 0 saturated heterocycles. The average molecular weight is 368 g/mol. The minimum Gasteiger partial charge on any atom is -0.310 e. The summed E-state index contributed by atoms with van der Waals surface area (Å²) in [6.45, 7) is 3.42. The SMILES string of the molecule is CCCn1c(NC(=O)Cn2nc3n(c2=O)CCCCC3)nc2ccccc21. The number of carbonyl (C=O) groups is 1. The fourth-order valence-corrected chi connectivity index (χ4v) is 3.65. The molecule has 0 saturated carbocycles. The molecule has 27 heavy (non-hydrogen) atoms. The van der Waals surface area contributed by atoms with Crippen LogP contribution in [0.4, 0.5) is 5.95 Å². The Morgan fingerprint density at radius 3 is 2.93 bits per heavy atom. The van der Waals surface area contributed by atoms with Gasteiger partial charge in [-0.1, -0.05) is 25.5 Å². The Morgan fingerprint density at radius 2 is 2.07 bits per heavy atom. The zero-order valence-electron chi connectivity index (χ0n) is 15.5. The number of hydrogen-bond acceptors (Lipinski definition) is 4. The predicted molar refractivity (Wildman–Crippen MR) is 103 cm³/mol. The molecule has 8 nitrogen and oxygen atoms in total. The van der Waals surface area contributed by atoms with Crippen LogP contribution < -0.4 is 11.0 Å². The highest BCUT2D eigenvalue weighted by molar-refractivity contribution is 5.91. The fourth-order valence-electron chi connectivity index (χ4n) is 3.65. The highest BCUT2D eigenvalue weighted by Crippen LogP contribution is 2.20. The molecule has 1 aliphatic heterocycles. The first kappa shape index (κ1) is 17.5. The van der Waals surface area contributed by atoms with Crippen LogP contribution in [0.15, 0.2) is 29.1 Å². The second kappa shape index (κ2) is 7.38. The van der Waals surface area contributed by atoms with Crippen molar-refractivity contribution in [2.75, 3.05) is 5.32 Å². The smallest absolute Gasteiger partial charge is 0.310 e. The molecular weight excluding hydrogens is 344 g/mol. The molecular formula is C19H24N6O2.